The summed E-state index contributed by atoms with van der Waals surface area (Å²) in [5.74, 6) is -2.16. The minimum absolute atomic E-state index is 0.261. The molecule has 0 saturated heterocycles. The van der Waals surface area contributed by atoms with E-state index >= 15 is 0 Å². The molecule has 0 aromatic heterocycles. The lowest BCUT2D eigenvalue weighted by atomic mass is 10.1. The molecule has 0 radical (unpaired) electrons. The third kappa shape index (κ3) is 1.30. The second kappa shape index (κ2) is 2.94. The van der Waals surface area contributed by atoms with Gasteiger partial charge in [-0.05, 0) is 6.92 Å². The second-order valence-corrected chi connectivity index (χ2v) is 3.17. The number of hydrogen-bond acceptors (Lipinski definition) is 2. The molecule has 2 N–H and O–H groups in total. The van der Waals surface area contributed by atoms with Gasteiger partial charge in [0, 0.05) is 12.1 Å². The predicted octanol–water partition coefficient (Wildman–Crippen LogP) is 1.72. The average Bonchev–Trinajstić information content (AvgIpc) is 2.11. The largest absolute Gasteiger partial charge is 0.372 e. The van der Waals surface area contributed by atoms with Crippen LogP contribution in [0.1, 0.15) is 6.92 Å². The van der Waals surface area contributed by atoms with Gasteiger partial charge in [-0.1, -0.05) is 0 Å². The van der Waals surface area contributed by atoms with Gasteiger partial charge in [0.15, 0.2) is 11.6 Å². The van der Waals surface area contributed by atoms with Crippen molar-refractivity contribution in [2.24, 2.45) is 0 Å². The van der Waals surface area contributed by atoms with Crippen molar-refractivity contribution in [3.8, 4) is 0 Å². The third-order valence-corrected chi connectivity index (χ3v) is 2.08. The Morgan fingerprint density at radius 3 is 2.43 bits per heavy atom. The highest BCUT2D eigenvalue weighted by atomic mass is 19.2. The molecule has 1 amide bonds. The van der Waals surface area contributed by atoms with E-state index in [1.807, 2.05) is 0 Å². The van der Waals surface area contributed by atoms with Crippen LogP contribution in [-0.2, 0) is 4.79 Å². The number of rotatable bonds is 0. The molecule has 74 valence electrons. The molecule has 0 aliphatic carbocycles. The van der Waals surface area contributed by atoms with Gasteiger partial charge in [0.25, 0.3) is 0 Å². The van der Waals surface area contributed by atoms with Gasteiger partial charge in [-0.3, -0.25) is 4.79 Å². The first kappa shape index (κ1) is 8.93. The summed E-state index contributed by atoms with van der Waals surface area (Å²) in [5, 5.41) is 5.23. The maximum atomic E-state index is 12.8. The van der Waals surface area contributed by atoms with Crippen LogP contribution in [0.4, 0.5) is 20.2 Å². The van der Waals surface area contributed by atoms with Gasteiger partial charge in [-0.25, -0.2) is 8.78 Å². The van der Waals surface area contributed by atoms with Crippen molar-refractivity contribution >= 4 is 17.3 Å². The molecule has 0 bridgehead atoms. The van der Waals surface area contributed by atoms with Crippen LogP contribution in [0.25, 0.3) is 0 Å². The highest BCUT2D eigenvalue weighted by Gasteiger charge is 2.22. The number of anilines is 2. The van der Waals surface area contributed by atoms with Crippen molar-refractivity contribution < 1.29 is 13.6 Å². The van der Waals surface area contributed by atoms with Crippen LogP contribution in [-0.4, -0.2) is 11.9 Å². The fourth-order valence-electron chi connectivity index (χ4n) is 1.31. The van der Waals surface area contributed by atoms with Crippen molar-refractivity contribution in [3.63, 3.8) is 0 Å². The lowest BCUT2D eigenvalue weighted by Gasteiger charge is -2.24. The quantitative estimate of drug-likeness (QED) is 0.666. The first-order chi connectivity index (χ1) is 6.58. The summed E-state index contributed by atoms with van der Waals surface area (Å²) in [6.07, 6.45) is 0. The van der Waals surface area contributed by atoms with Gasteiger partial charge in [0.2, 0.25) is 5.91 Å². The highest BCUT2D eigenvalue weighted by Crippen LogP contribution is 2.28. The maximum Gasteiger partial charge on any atom is 0.246 e. The van der Waals surface area contributed by atoms with E-state index < -0.39 is 17.7 Å². The Morgan fingerprint density at radius 2 is 1.79 bits per heavy atom. The molecule has 14 heavy (non-hydrogen) atoms. The topological polar surface area (TPSA) is 41.1 Å². The van der Waals surface area contributed by atoms with Crippen LogP contribution in [0.15, 0.2) is 12.1 Å². The zero-order valence-corrected chi connectivity index (χ0v) is 7.40. The molecule has 0 spiro atoms. The van der Waals surface area contributed by atoms with Crippen molar-refractivity contribution in [1.82, 2.24) is 0 Å². The number of halogens is 2. The Balaban J connectivity index is 2.47. The van der Waals surface area contributed by atoms with Crippen LogP contribution >= 0.6 is 0 Å². The lowest BCUT2D eigenvalue weighted by Crippen LogP contribution is -2.36. The molecular weight excluding hydrogens is 190 g/mol. The summed E-state index contributed by atoms with van der Waals surface area (Å²) < 4.78 is 25.6. The van der Waals surface area contributed by atoms with E-state index in [9.17, 15) is 13.6 Å². The number of fused-ring (bicyclic) bond motifs is 1. The summed E-state index contributed by atoms with van der Waals surface area (Å²) in [6.45, 7) is 1.64. The second-order valence-electron chi connectivity index (χ2n) is 3.17. The molecule has 0 unspecified atom stereocenters. The van der Waals surface area contributed by atoms with Crippen LogP contribution in [0.3, 0.4) is 0 Å². The Morgan fingerprint density at radius 1 is 1.21 bits per heavy atom. The van der Waals surface area contributed by atoms with Crippen molar-refractivity contribution in [2.75, 3.05) is 10.6 Å². The number of carbonyl (C=O) groups excluding carboxylic acids is 1. The SMILES string of the molecule is C[C@@H]1Nc2cc(F)c(F)cc2NC1=O. The van der Waals surface area contributed by atoms with Crippen LogP contribution in [0.2, 0.25) is 0 Å². The maximum absolute atomic E-state index is 12.8. The Labute approximate surface area is 79.1 Å². The Hall–Kier alpha value is -1.65. The first-order valence-corrected chi connectivity index (χ1v) is 4.14. The lowest BCUT2D eigenvalue weighted by molar-refractivity contribution is -0.116. The van der Waals surface area contributed by atoms with E-state index in [1.54, 1.807) is 6.92 Å². The van der Waals surface area contributed by atoms with Crippen molar-refractivity contribution in [2.45, 2.75) is 13.0 Å². The van der Waals surface area contributed by atoms with Gasteiger partial charge in [0.1, 0.15) is 6.04 Å². The minimum atomic E-state index is -0.972. The van der Waals surface area contributed by atoms with Crippen molar-refractivity contribution in [3.05, 3.63) is 23.8 Å². The monoisotopic (exact) mass is 198 g/mol. The minimum Gasteiger partial charge on any atom is -0.372 e. The van der Waals surface area contributed by atoms with Gasteiger partial charge in [-0.15, -0.1) is 0 Å². The fraction of sp³-hybridized carbons (Fsp3) is 0.222. The molecule has 5 heteroatoms. The highest BCUT2D eigenvalue weighted by molar-refractivity contribution is 6.02. The van der Waals surface area contributed by atoms with E-state index in [-0.39, 0.29) is 11.6 Å². The molecule has 1 aliphatic rings. The molecule has 1 atom stereocenters. The number of nitrogens with one attached hydrogen (secondary N) is 2. The van der Waals surface area contributed by atoms with Gasteiger partial charge >= 0.3 is 0 Å². The number of benzene rings is 1. The normalized spacial score (nSPS) is 19.6. The molecular formula is C9H8F2N2O. The predicted molar refractivity (Wildman–Crippen MR) is 48.1 cm³/mol. The summed E-state index contributed by atoms with van der Waals surface area (Å²) in [4.78, 5) is 11.2. The first-order valence-electron chi connectivity index (χ1n) is 4.14. The summed E-state index contributed by atoms with van der Waals surface area (Å²) in [7, 11) is 0. The summed E-state index contributed by atoms with van der Waals surface area (Å²) >= 11 is 0. The molecule has 3 nitrogen and oxygen atoms in total. The zero-order valence-electron chi connectivity index (χ0n) is 7.40. The smallest absolute Gasteiger partial charge is 0.246 e. The fourth-order valence-corrected chi connectivity index (χ4v) is 1.31. The number of amides is 1. The molecule has 1 aliphatic heterocycles. The Bertz CT molecular complexity index is 406. The average molecular weight is 198 g/mol. The van der Waals surface area contributed by atoms with Crippen LogP contribution < -0.4 is 10.6 Å². The Kier molecular flexibility index (Phi) is 1.87. The van der Waals surface area contributed by atoms with E-state index in [0.717, 1.165) is 12.1 Å². The van der Waals surface area contributed by atoms with Gasteiger partial charge in [0.05, 0.1) is 11.4 Å². The van der Waals surface area contributed by atoms with E-state index in [0.29, 0.717) is 5.69 Å². The molecule has 0 fully saturated rings. The summed E-state index contributed by atoms with van der Waals surface area (Å²) in [5.41, 5.74) is 0.669. The summed E-state index contributed by atoms with van der Waals surface area (Å²) in [6, 6.07) is 1.55. The number of carbonyl (C=O) groups is 1. The zero-order chi connectivity index (χ0) is 10.3. The van der Waals surface area contributed by atoms with Crippen molar-refractivity contribution in [1.29, 1.82) is 0 Å². The molecule has 1 heterocycles. The third-order valence-electron chi connectivity index (χ3n) is 2.08. The van der Waals surface area contributed by atoms with Gasteiger partial charge in [-0.2, -0.15) is 0 Å². The van der Waals surface area contributed by atoms with E-state index in [1.165, 1.54) is 0 Å². The molecule has 1 aromatic carbocycles. The van der Waals surface area contributed by atoms with Gasteiger partial charge < -0.3 is 10.6 Å². The standard InChI is InChI=1S/C9H8F2N2O/c1-4-9(14)13-8-3-6(11)5(10)2-7(8)12-4/h2-4,12H,1H3,(H,13,14)/t4-/m0/s1. The van der Waals surface area contributed by atoms with E-state index in [2.05, 4.69) is 10.6 Å². The molecule has 2 rings (SSSR count). The molecule has 1 aromatic rings. The molecule has 0 saturated carbocycles. The number of hydrogen-bond donors (Lipinski definition) is 2. The van der Waals surface area contributed by atoms with E-state index in [4.69, 9.17) is 0 Å². The van der Waals surface area contributed by atoms with Crippen LogP contribution in [0.5, 0.6) is 0 Å². The van der Waals surface area contributed by atoms with Crippen LogP contribution in [0, 0.1) is 11.6 Å².